The molecule has 2 rings (SSSR count). The van der Waals surface area contributed by atoms with Crippen molar-refractivity contribution in [2.45, 2.75) is 13.0 Å². The second-order valence-corrected chi connectivity index (χ2v) is 5.15. The second kappa shape index (κ2) is 6.64. The van der Waals surface area contributed by atoms with Crippen LogP contribution in [0.5, 0.6) is 5.75 Å². The zero-order chi connectivity index (χ0) is 14.5. The summed E-state index contributed by atoms with van der Waals surface area (Å²) in [6, 6.07) is 12.2. The molecule has 5 heteroatoms. The van der Waals surface area contributed by atoms with Crippen molar-refractivity contribution < 1.29 is 14.6 Å². The number of benzene rings is 2. The Morgan fingerprint density at radius 2 is 1.55 bits per heavy atom. The third kappa shape index (κ3) is 4.44. The highest BCUT2D eigenvalue weighted by Crippen LogP contribution is 2.24. The number of hydrogen-bond acceptors (Lipinski definition) is 2. The molecule has 0 saturated heterocycles. The van der Waals surface area contributed by atoms with Crippen LogP contribution in [0.1, 0.15) is 11.1 Å². The minimum Gasteiger partial charge on any atom is -0.489 e. The van der Waals surface area contributed by atoms with Gasteiger partial charge in [0.2, 0.25) is 0 Å². The summed E-state index contributed by atoms with van der Waals surface area (Å²) in [6.45, 7) is 0.365. The molecule has 0 bridgehead atoms. The maximum absolute atomic E-state index is 10.6. The summed E-state index contributed by atoms with van der Waals surface area (Å²) in [5, 5.41) is 9.73. The van der Waals surface area contributed by atoms with Crippen molar-refractivity contribution in [1.82, 2.24) is 0 Å². The molecule has 0 spiro atoms. The number of hydrogen-bond donors (Lipinski definition) is 1. The van der Waals surface area contributed by atoms with Gasteiger partial charge in [0, 0.05) is 10.0 Å². The highest BCUT2D eigenvalue weighted by Gasteiger charge is 2.02. The van der Waals surface area contributed by atoms with Crippen LogP contribution in [0.2, 0.25) is 10.0 Å². The maximum atomic E-state index is 10.6. The molecule has 0 aromatic heterocycles. The monoisotopic (exact) mass is 310 g/mol. The van der Waals surface area contributed by atoms with Crippen LogP contribution in [0.25, 0.3) is 0 Å². The van der Waals surface area contributed by atoms with Crippen molar-refractivity contribution in [3.05, 3.63) is 63.6 Å². The van der Waals surface area contributed by atoms with E-state index in [9.17, 15) is 4.79 Å². The Morgan fingerprint density at radius 3 is 2.10 bits per heavy atom. The van der Waals surface area contributed by atoms with Gasteiger partial charge in [0.25, 0.3) is 0 Å². The third-order valence-electron chi connectivity index (χ3n) is 2.62. The summed E-state index contributed by atoms with van der Waals surface area (Å²) < 4.78 is 5.59. The lowest BCUT2D eigenvalue weighted by atomic mass is 10.1. The lowest BCUT2D eigenvalue weighted by molar-refractivity contribution is -0.136. The van der Waals surface area contributed by atoms with Crippen LogP contribution in [0.4, 0.5) is 0 Å². The fourth-order valence-electron chi connectivity index (χ4n) is 1.71. The predicted molar refractivity (Wildman–Crippen MR) is 78.6 cm³/mol. The SMILES string of the molecule is O=C(O)Cc1ccc(COc2cc(Cl)cc(Cl)c2)cc1. The second-order valence-electron chi connectivity index (χ2n) is 4.28. The molecule has 0 amide bonds. The number of carbonyl (C=O) groups is 1. The first-order valence-corrected chi connectivity index (χ1v) is 6.67. The number of halogens is 2. The van der Waals surface area contributed by atoms with Crippen molar-refractivity contribution in [1.29, 1.82) is 0 Å². The molecular weight excluding hydrogens is 299 g/mol. The zero-order valence-electron chi connectivity index (χ0n) is 10.5. The molecule has 0 aliphatic heterocycles. The van der Waals surface area contributed by atoms with Crippen LogP contribution in [-0.4, -0.2) is 11.1 Å². The Hall–Kier alpha value is -1.71. The molecule has 104 valence electrons. The topological polar surface area (TPSA) is 46.5 Å². The summed E-state index contributed by atoms with van der Waals surface area (Å²) in [4.78, 5) is 10.6. The summed E-state index contributed by atoms with van der Waals surface area (Å²) in [5.74, 6) is -0.250. The molecule has 0 saturated carbocycles. The molecule has 1 N–H and O–H groups in total. The van der Waals surface area contributed by atoms with E-state index in [0.29, 0.717) is 22.4 Å². The lowest BCUT2D eigenvalue weighted by Crippen LogP contribution is -2.00. The summed E-state index contributed by atoms with van der Waals surface area (Å²) in [5.41, 5.74) is 1.70. The van der Waals surface area contributed by atoms with Crippen LogP contribution in [-0.2, 0) is 17.8 Å². The van der Waals surface area contributed by atoms with Gasteiger partial charge >= 0.3 is 5.97 Å². The average molecular weight is 311 g/mol. The van der Waals surface area contributed by atoms with Crippen molar-refractivity contribution in [2.24, 2.45) is 0 Å². The first-order valence-electron chi connectivity index (χ1n) is 5.91. The largest absolute Gasteiger partial charge is 0.489 e. The van der Waals surface area contributed by atoms with Gasteiger partial charge in [-0.2, -0.15) is 0 Å². The molecule has 0 unspecified atom stereocenters. The average Bonchev–Trinajstić information content (AvgIpc) is 2.36. The first kappa shape index (κ1) is 14.7. The molecule has 0 atom stereocenters. The van der Waals surface area contributed by atoms with E-state index in [0.717, 1.165) is 11.1 Å². The molecule has 3 nitrogen and oxygen atoms in total. The molecule has 20 heavy (non-hydrogen) atoms. The summed E-state index contributed by atoms with van der Waals surface area (Å²) in [7, 11) is 0. The fraction of sp³-hybridized carbons (Fsp3) is 0.133. The van der Waals surface area contributed by atoms with Gasteiger partial charge in [-0.15, -0.1) is 0 Å². The summed E-state index contributed by atoms with van der Waals surface area (Å²) in [6.07, 6.45) is 0.0189. The molecule has 0 fully saturated rings. The molecule has 0 aliphatic rings. The zero-order valence-corrected chi connectivity index (χ0v) is 12.0. The van der Waals surface area contributed by atoms with Crippen LogP contribution < -0.4 is 4.74 Å². The standard InChI is InChI=1S/C15H12Cl2O3/c16-12-6-13(17)8-14(7-12)20-9-11-3-1-10(2-4-11)5-15(18)19/h1-4,6-8H,5,9H2,(H,18,19). The Balaban J connectivity index is 1.98. The van der Waals surface area contributed by atoms with Crippen LogP contribution in [0, 0.1) is 0 Å². The molecule has 2 aromatic rings. The number of rotatable bonds is 5. The third-order valence-corrected chi connectivity index (χ3v) is 3.06. The van der Waals surface area contributed by atoms with Crippen LogP contribution in [0.15, 0.2) is 42.5 Å². The Kier molecular flexibility index (Phi) is 4.88. The highest BCUT2D eigenvalue weighted by molar-refractivity contribution is 6.34. The fourth-order valence-corrected chi connectivity index (χ4v) is 2.21. The summed E-state index contributed by atoms with van der Waals surface area (Å²) >= 11 is 11.8. The Morgan fingerprint density at radius 1 is 1.00 bits per heavy atom. The number of ether oxygens (including phenoxy) is 1. The van der Waals surface area contributed by atoms with Gasteiger partial charge in [-0.25, -0.2) is 0 Å². The smallest absolute Gasteiger partial charge is 0.307 e. The number of carboxylic acid groups (broad SMARTS) is 1. The van der Waals surface area contributed by atoms with Crippen LogP contribution in [0.3, 0.4) is 0 Å². The number of carboxylic acids is 1. The van der Waals surface area contributed by atoms with E-state index < -0.39 is 5.97 Å². The van der Waals surface area contributed by atoms with Gasteiger partial charge in [-0.1, -0.05) is 47.5 Å². The van der Waals surface area contributed by atoms with E-state index in [1.807, 2.05) is 12.1 Å². The molecule has 0 radical (unpaired) electrons. The van der Waals surface area contributed by atoms with Crippen LogP contribution >= 0.6 is 23.2 Å². The van der Waals surface area contributed by atoms with Crippen molar-refractivity contribution in [3.8, 4) is 5.75 Å². The first-order chi connectivity index (χ1) is 9.52. The van der Waals surface area contributed by atoms with E-state index in [1.165, 1.54) is 0 Å². The lowest BCUT2D eigenvalue weighted by Gasteiger charge is -2.08. The maximum Gasteiger partial charge on any atom is 0.307 e. The van der Waals surface area contributed by atoms with E-state index >= 15 is 0 Å². The van der Waals surface area contributed by atoms with Gasteiger partial charge in [-0.05, 0) is 29.3 Å². The molecule has 2 aromatic carbocycles. The molecule has 0 aliphatic carbocycles. The Bertz CT molecular complexity index is 589. The van der Waals surface area contributed by atoms with Gasteiger partial charge in [0.05, 0.1) is 6.42 Å². The minimum absolute atomic E-state index is 0.0189. The van der Waals surface area contributed by atoms with E-state index in [4.69, 9.17) is 33.0 Å². The van der Waals surface area contributed by atoms with Crippen molar-refractivity contribution >= 4 is 29.2 Å². The van der Waals surface area contributed by atoms with Crippen molar-refractivity contribution in [2.75, 3.05) is 0 Å². The molecule has 0 heterocycles. The van der Waals surface area contributed by atoms with Gasteiger partial charge < -0.3 is 9.84 Å². The van der Waals surface area contributed by atoms with Crippen molar-refractivity contribution in [3.63, 3.8) is 0 Å². The predicted octanol–water partition coefficient (Wildman–Crippen LogP) is 4.20. The minimum atomic E-state index is -0.845. The Labute approximate surface area is 126 Å². The quantitative estimate of drug-likeness (QED) is 0.900. The van der Waals surface area contributed by atoms with E-state index in [-0.39, 0.29) is 6.42 Å². The number of aliphatic carboxylic acids is 1. The van der Waals surface area contributed by atoms with E-state index in [2.05, 4.69) is 0 Å². The highest BCUT2D eigenvalue weighted by atomic mass is 35.5. The van der Waals surface area contributed by atoms with E-state index in [1.54, 1.807) is 30.3 Å². The molecular formula is C15H12Cl2O3. The van der Waals surface area contributed by atoms with Gasteiger partial charge in [0.1, 0.15) is 12.4 Å². The normalized spacial score (nSPS) is 10.3. The van der Waals surface area contributed by atoms with Gasteiger partial charge in [0.15, 0.2) is 0 Å². The van der Waals surface area contributed by atoms with Gasteiger partial charge in [-0.3, -0.25) is 4.79 Å².